The summed E-state index contributed by atoms with van der Waals surface area (Å²) in [5.74, 6) is -1.04. The van der Waals surface area contributed by atoms with Gasteiger partial charge >= 0.3 is 6.01 Å². The van der Waals surface area contributed by atoms with Gasteiger partial charge in [-0.3, -0.25) is 4.79 Å². The van der Waals surface area contributed by atoms with Gasteiger partial charge in [0.15, 0.2) is 5.83 Å². The van der Waals surface area contributed by atoms with Crippen molar-refractivity contribution in [2.45, 2.75) is 38.8 Å². The summed E-state index contributed by atoms with van der Waals surface area (Å²) >= 11 is 6.62. The van der Waals surface area contributed by atoms with Crippen LogP contribution in [0.15, 0.2) is 48.8 Å². The zero-order chi connectivity index (χ0) is 27.5. The van der Waals surface area contributed by atoms with E-state index in [9.17, 15) is 14.4 Å². The molecule has 0 bridgehead atoms. The van der Waals surface area contributed by atoms with E-state index < -0.39 is 17.8 Å². The Kier molecular flexibility index (Phi) is 7.84. The molecule has 1 saturated heterocycles. The standard InChI is InChI=1S/C29H30ClFN6O2/c1-3-16-39-29-33-24-18-35(25-9-5-7-20-6-4-8-23(30)26(20)25)13-11-22(24)27(34-29)36-14-15-37(28(38)19(2)31)21(17-36)10-12-32/h4-9,21H,2-3,10-11,13-18H2,1H3/t21-/m0/s1. The minimum Gasteiger partial charge on any atom is -0.463 e. The molecule has 0 N–H and O–H groups in total. The highest BCUT2D eigenvalue weighted by molar-refractivity contribution is 6.36. The second-order valence-electron chi connectivity index (χ2n) is 9.76. The highest BCUT2D eigenvalue weighted by atomic mass is 35.5. The number of carbonyl (C=O) groups is 1. The predicted molar refractivity (Wildman–Crippen MR) is 150 cm³/mol. The second-order valence-corrected chi connectivity index (χ2v) is 10.2. The van der Waals surface area contributed by atoms with E-state index >= 15 is 0 Å². The number of halogens is 2. The van der Waals surface area contributed by atoms with Gasteiger partial charge in [0.25, 0.3) is 5.91 Å². The first-order valence-electron chi connectivity index (χ1n) is 13.1. The van der Waals surface area contributed by atoms with Gasteiger partial charge in [0.1, 0.15) is 5.82 Å². The minimum absolute atomic E-state index is 0.0810. The van der Waals surface area contributed by atoms with Crippen LogP contribution in [0.25, 0.3) is 10.8 Å². The number of hydrogen-bond donors (Lipinski definition) is 0. The molecule has 1 aromatic heterocycles. The lowest BCUT2D eigenvalue weighted by atomic mass is 10.0. The molecule has 39 heavy (non-hydrogen) atoms. The zero-order valence-corrected chi connectivity index (χ0v) is 22.6. The first-order valence-corrected chi connectivity index (χ1v) is 13.5. The fraction of sp³-hybridized carbons (Fsp3) is 0.379. The molecule has 0 spiro atoms. The summed E-state index contributed by atoms with van der Waals surface area (Å²) in [5.41, 5.74) is 2.94. The van der Waals surface area contributed by atoms with Crippen molar-refractivity contribution >= 4 is 39.8 Å². The molecule has 3 aromatic rings. The van der Waals surface area contributed by atoms with E-state index in [1.807, 2.05) is 25.1 Å². The monoisotopic (exact) mass is 548 g/mol. The number of carbonyl (C=O) groups excluding carboxylic acids is 1. The van der Waals surface area contributed by atoms with Crippen molar-refractivity contribution in [1.29, 1.82) is 5.26 Å². The Hall–Kier alpha value is -3.90. The molecular weight excluding hydrogens is 519 g/mol. The number of hydrogen-bond acceptors (Lipinski definition) is 7. The molecule has 2 aliphatic heterocycles. The lowest BCUT2D eigenvalue weighted by Crippen LogP contribution is -2.55. The van der Waals surface area contributed by atoms with Crippen LogP contribution in [0.5, 0.6) is 6.01 Å². The fourth-order valence-corrected chi connectivity index (χ4v) is 5.68. The normalized spacial score (nSPS) is 17.1. The lowest BCUT2D eigenvalue weighted by Gasteiger charge is -2.42. The van der Waals surface area contributed by atoms with Crippen molar-refractivity contribution < 1.29 is 13.9 Å². The number of nitrogens with zero attached hydrogens (tertiary/aromatic N) is 6. The van der Waals surface area contributed by atoms with E-state index in [2.05, 4.69) is 40.6 Å². The average molecular weight is 549 g/mol. The molecule has 0 saturated carbocycles. The van der Waals surface area contributed by atoms with Crippen LogP contribution in [-0.4, -0.2) is 59.6 Å². The van der Waals surface area contributed by atoms with Crippen molar-refractivity contribution in [3.63, 3.8) is 0 Å². The van der Waals surface area contributed by atoms with Crippen molar-refractivity contribution in [2.75, 3.05) is 42.6 Å². The fourth-order valence-electron chi connectivity index (χ4n) is 5.40. The molecule has 5 rings (SSSR count). The number of rotatable bonds is 7. The van der Waals surface area contributed by atoms with Crippen molar-refractivity contribution in [3.8, 4) is 12.1 Å². The maximum Gasteiger partial charge on any atom is 0.318 e. The molecule has 2 aliphatic rings. The minimum atomic E-state index is -1.02. The average Bonchev–Trinajstić information content (AvgIpc) is 2.95. The van der Waals surface area contributed by atoms with E-state index in [1.54, 1.807) is 0 Å². The molecule has 202 valence electrons. The Morgan fingerprint density at radius 2 is 2.00 bits per heavy atom. The smallest absolute Gasteiger partial charge is 0.318 e. The van der Waals surface area contributed by atoms with Crippen molar-refractivity contribution in [1.82, 2.24) is 14.9 Å². The largest absolute Gasteiger partial charge is 0.463 e. The lowest BCUT2D eigenvalue weighted by molar-refractivity contribution is -0.131. The number of piperazine rings is 1. The number of aromatic nitrogens is 2. The summed E-state index contributed by atoms with van der Waals surface area (Å²) in [5, 5.41) is 12.2. The molecule has 1 amide bonds. The van der Waals surface area contributed by atoms with E-state index in [4.69, 9.17) is 26.3 Å². The summed E-state index contributed by atoms with van der Waals surface area (Å²) < 4.78 is 19.6. The number of amides is 1. The van der Waals surface area contributed by atoms with Gasteiger partial charge in [-0.25, -0.2) is 4.39 Å². The number of anilines is 2. The number of fused-ring (bicyclic) bond motifs is 2. The third-order valence-corrected chi connectivity index (χ3v) is 7.55. The number of benzene rings is 2. The molecule has 3 heterocycles. The van der Waals surface area contributed by atoms with Gasteiger partial charge in [-0.05, 0) is 30.4 Å². The Balaban J connectivity index is 1.49. The van der Waals surface area contributed by atoms with Crippen LogP contribution in [0.2, 0.25) is 5.02 Å². The van der Waals surface area contributed by atoms with Gasteiger partial charge in [0.2, 0.25) is 0 Å². The molecule has 0 unspecified atom stereocenters. The highest BCUT2D eigenvalue weighted by Gasteiger charge is 2.34. The van der Waals surface area contributed by atoms with Gasteiger partial charge < -0.3 is 19.4 Å². The molecule has 1 fully saturated rings. The molecule has 1 atom stereocenters. The Bertz CT molecular complexity index is 1450. The SMILES string of the molecule is C=C(F)C(=O)N1CCN(c2nc(OCCC)nc3c2CCN(c2cccc4cccc(Cl)c24)C3)C[C@@H]1CC#N. The number of nitriles is 1. The molecule has 0 radical (unpaired) electrons. The summed E-state index contributed by atoms with van der Waals surface area (Å²) in [7, 11) is 0. The van der Waals surface area contributed by atoms with E-state index in [1.165, 1.54) is 4.90 Å². The van der Waals surface area contributed by atoms with Gasteiger partial charge in [-0.1, -0.05) is 49.4 Å². The van der Waals surface area contributed by atoms with Crippen LogP contribution >= 0.6 is 11.6 Å². The molecule has 10 heteroatoms. The summed E-state index contributed by atoms with van der Waals surface area (Å²) in [4.78, 5) is 27.7. The van der Waals surface area contributed by atoms with E-state index in [0.29, 0.717) is 43.7 Å². The van der Waals surface area contributed by atoms with Crippen LogP contribution < -0.4 is 14.5 Å². The van der Waals surface area contributed by atoms with Gasteiger partial charge in [0.05, 0.1) is 42.4 Å². The molecule has 2 aromatic carbocycles. The quantitative estimate of drug-likeness (QED) is 0.382. The summed E-state index contributed by atoms with van der Waals surface area (Å²) in [6, 6.07) is 14.0. The van der Waals surface area contributed by atoms with Crippen LogP contribution in [0.4, 0.5) is 15.9 Å². The number of ether oxygens (including phenoxy) is 1. The van der Waals surface area contributed by atoms with Crippen LogP contribution in [0.1, 0.15) is 31.0 Å². The molecule has 0 aliphatic carbocycles. The summed E-state index contributed by atoms with van der Waals surface area (Å²) in [6.07, 6.45) is 1.59. The first-order chi connectivity index (χ1) is 18.9. The highest BCUT2D eigenvalue weighted by Crippen LogP contribution is 2.37. The topological polar surface area (TPSA) is 85.6 Å². The van der Waals surface area contributed by atoms with Gasteiger partial charge in [-0.2, -0.15) is 15.2 Å². The zero-order valence-electron chi connectivity index (χ0n) is 21.9. The first kappa shape index (κ1) is 26.7. The van der Waals surface area contributed by atoms with Crippen molar-refractivity contribution in [3.05, 3.63) is 65.1 Å². The molecular formula is C29H30ClFN6O2. The van der Waals surface area contributed by atoms with Gasteiger partial charge in [0, 0.05) is 42.8 Å². The van der Waals surface area contributed by atoms with E-state index in [0.717, 1.165) is 46.5 Å². The van der Waals surface area contributed by atoms with E-state index in [-0.39, 0.29) is 13.0 Å². The Labute approximate surface area is 232 Å². The second kappa shape index (κ2) is 11.5. The van der Waals surface area contributed by atoms with Crippen LogP contribution in [0.3, 0.4) is 0 Å². The molecule has 8 nitrogen and oxygen atoms in total. The maximum atomic E-state index is 13.7. The predicted octanol–water partition coefficient (Wildman–Crippen LogP) is 5.05. The third kappa shape index (κ3) is 5.34. The van der Waals surface area contributed by atoms with Crippen LogP contribution in [0, 0.1) is 11.3 Å². The van der Waals surface area contributed by atoms with Crippen molar-refractivity contribution in [2.24, 2.45) is 0 Å². The third-order valence-electron chi connectivity index (χ3n) is 7.23. The maximum absolute atomic E-state index is 13.7. The van der Waals surface area contributed by atoms with Gasteiger partial charge in [-0.15, -0.1) is 0 Å². The Morgan fingerprint density at radius 3 is 2.74 bits per heavy atom. The van der Waals surface area contributed by atoms with Crippen LogP contribution in [-0.2, 0) is 17.8 Å². The summed E-state index contributed by atoms with van der Waals surface area (Å²) in [6.45, 7) is 8.01. The Morgan fingerprint density at radius 1 is 1.21 bits per heavy atom.